The average molecular weight is 317 g/mol. The van der Waals surface area contributed by atoms with Crippen LogP contribution in [0.5, 0.6) is 5.75 Å². The summed E-state index contributed by atoms with van der Waals surface area (Å²) >= 11 is 6.23. The van der Waals surface area contributed by atoms with Gasteiger partial charge < -0.3 is 9.84 Å². The van der Waals surface area contributed by atoms with Crippen LogP contribution < -0.4 is 4.74 Å². The maximum atomic E-state index is 11.8. The fourth-order valence-corrected chi connectivity index (χ4v) is 2.75. The summed E-state index contributed by atoms with van der Waals surface area (Å²) in [5, 5.41) is 17.7. The number of hydrogen-bond acceptors (Lipinski definition) is 3. The number of benzene rings is 2. The fourth-order valence-electron chi connectivity index (χ4n) is 2.47. The summed E-state index contributed by atoms with van der Waals surface area (Å²) in [5.74, 6) is -1.23. The quantitative estimate of drug-likeness (QED) is 0.773. The summed E-state index contributed by atoms with van der Waals surface area (Å²) in [6.45, 7) is 0. The SMILES string of the molecule is COc1ccc(C(C(=O)O)c2ccc3n[nH]cc3c2)c(Cl)c1. The van der Waals surface area contributed by atoms with Crippen LogP contribution in [0, 0.1) is 0 Å². The van der Waals surface area contributed by atoms with Crippen LogP contribution in [-0.4, -0.2) is 28.4 Å². The molecule has 22 heavy (non-hydrogen) atoms. The highest BCUT2D eigenvalue weighted by Gasteiger charge is 2.25. The lowest BCUT2D eigenvalue weighted by Gasteiger charge is -2.15. The monoisotopic (exact) mass is 316 g/mol. The smallest absolute Gasteiger partial charge is 0.315 e. The Kier molecular flexibility index (Phi) is 3.73. The van der Waals surface area contributed by atoms with E-state index in [1.54, 1.807) is 42.6 Å². The molecule has 0 fully saturated rings. The van der Waals surface area contributed by atoms with Gasteiger partial charge in [0.2, 0.25) is 0 Å². The summed E-state index contributed by atoms with van der Waals surface area (Å²) in [6, 6.07) is 10.3. The van der Waals surface area contributed by atoms with Crippen LogP contribution in [0.25, 0.3) is 10.9 Å². The zero-order chi connectivity index (χ0) is 15.7. The standard InChI is InChI=1S/C16H13ClN2O3/c1-22-11-3-4-12(13(17)7-11)15(16(20)21)9-2-5-14-10(6-9)8-18-19-14/h2-8,15H,1H3,(H,18,19)(H,20,21). The number of methoxy groups -OCH3 is 1. The van der Waals surface area contributed by atoms with Gasteiger partial charge in [0.25, 0.3) is 0 Å². The summed E-state index contributed by atoms with van der Waals surface area (Å²) in [4.78, 5) is 11.8. The summed E-state index contributed by atoms with van der Waals surface area (Å²) in [5.41, 5.74) is 1.96. The first kappa shape index (κ1) is 14.4. The Morgan fingerprint density at radius 1 is 1.32 bits per heavy atom. The van der Waals surface area contributed by atoms with Crippen molar-refractivity contribution >= 4 is 28.5 Å². The van der Waals surface area contributed by atoms with E-state index in [9.17, 15) is 9.90 Å². The number of H-pyrrole nitrogens is 1. The van der Waals surface area contributed by atoms with Crippen molar-refractivity contribution in [2.75, 3.05) is 7.11 Å². The van der Waals surface area contributed by atoms with Gasteiger partial charge in [0.1, 0.15) is 11.7 Å². The van der Waals surface area contributed by atoms with Crippen molar-refractivity contribution in [2.24, 2.45) is 0 Å². The van der Waals surface area contributed by atoms with E-state index in [-0.39, 0.29) is 0 Å². The van der Waals surface area contributed by atoms with E-state index < -0.39 is 11.9 Å². The molecule has 0 aliphatic carbocycles. The molecule has 0 bridgehead atoms. The van der Waals surface area contributed by atoms with Gasteiger partial charge in [-0.1, -0.05) is 23.7 Å². The lowest BCUT2D eigenvalue weighted by molar-refractivity contribution is -0.137. The first-order valence-electron chi connectivity index (χ1n) is 6.60. The van der Waals surface area contributed by atoms with Gasteiger partial charge in [-0.05, 0) is 35.4 Å². The van der Waals surface area contributed by atoms with Gasteiger partial charge in [-0.3, -0.25) is 9.89 Å². The minimum Gasteiger partial charge on any atom is -0.497 e. The molecular weight excluding hydrogens is 304 g/mol. The van der Waals surface area contributed by atoms with E-state index in [0.717, 1.165) is 10.9 Å². The number of nitrogens with one attached hydrogen (secondary N) is 1. The second-order valence-corrected chi connectivity index (χ2v) is 5.27. The van der Waals surface area contributed by atoms with Crippen LogP contribution in [0.15, 0.2) is 42.6 Å². The molecule has 0 saturated heterocycles. The van der Waals surface area contributed by atoms with Crippen molar-refractivity contribution in [3.8, 4) is 5.75 Å². The molecule has 1 aromatic heterocycles. The molecule has 5 nitrogen and oxygen atoms in total. The van der Waals surface area contributed by atoms with Crippen molar-refractivity contribution in [3.63, 3.8) is 0 Å². The van der Waals surface area contributed by atoms with Crippen molar-refractivity contribution in [1.82, 2.24) is 10.2 Å². The van der Waals surface area contributed by atoms with E-state index in [4.69, 9.17) is 16.3 Å². The molecular formula is C16H13ClN2O3. The van der Waals surface area contributed by atoms with Crippen molar-refractivity contribution in [1.29, 1.82) is 0 Å². The van der Waals surface area contributed by atoms with Gasteiger partial charge in [-0.15, -0.1) is 0 Å². The van der Waals surface area contributed by atoms with Gasteiger partial charge >= 0.3 is 5.97 Å². The topological polar surface area (TPSA) is 75.2 Å². The number of carboxylic acids is 1. The molecule has 3 rings (SSSR count). The molecule has 0 amide bonds. The molecule has 2 aromatic carbocycles. The van der Waals surface area contributed by atoms with E-state index >= 15 is 0 Å². The van der Waals surface area contributed by atoms with Gasteiger partial charge in [0.15, 0.2) is 0 Å². The molecule has 0 aliphatic heterocycles. The Hall–Kier alpha value is -2.53. The third-order valence-electron chi connectivity index (χ3n) is 3.56. The van der Waals surface area contributed by atoms with E-state index in [2.05, 4.69) is 10.2 Å². The number of rotatable bonds is 4. The lowest BCUT2D eigenvalue weighted by atomic mass is 9.90. The minimum absolute atomic E-state index is 0.360. The van der Waals surface area contributed by atoms with Crippen molar-refractivity contribution < 1.29 is 14.6 Å². The zero-order valence-electron chi connectivity index (χ0n) is 11.7. The maximum Gasteiger partial charge on any atom is 0.315 e. The predicted octanol–water partition coefficient (Wildman–Crippen LogP) is 3.44. The van der Waals surface area contributed by atoms with Gasteiger partial charge in [0, 0.05) is 16.6 Å². The lowest BCUT2D eigenvalue weighted by Crippen LogP contribution is -2.13. The number of aliphatic carboxylic acids is 1. The number of halogens is 1. The Balaban J connectivity index is 2.11. The number of hydrogen-bond donors (Lipinski definition) is 2. The largest absolute Gasteiger partial charge is 0.497 e. The third kappa shape index (κ3) is 2.51. The van der Waals surface area contributed by atoms with Crippen LogP contribution in [0.4, 0.5) is 0 Å². The molecule has 6 heteroatoms. The minimum atomic E-state index is -0.963. The highest BCUT2D eigenvalue weighted by molar-refractivity contribution is 6.31. The van der Waals surface area contributed by atoms with Crippen LogP contribution in [-0.2, 0) is 4.79 Å². The predicted molar refractivity (Wildman–Crippen MR) is 83.6 cm³/mol. The number of fused-ring (bicyclic) bond motifs is 1. The van der Waals surface area contributed by atoms with Crippen molar-refractivity contribution in [2.45, 2.75) is 5.92 Å². The molecule has 1 atom stereocenters. The summed E-state index contributed by atoms with van der Waals surface area (Å²) in [6.07, 6.45) is 1.73. The van der Waals surface area contributed by atoms with E-state index in [0.29, 0.717) is 21.9 Å². The molecule has 0 radical (unpaired) electrons. The molecule has 2 N–H and O–H groups in total. The number of nitrogens with zero attached hydrogens (tertiary/aromatic N) is 1. The number of aromatic amines is 1. The second-order valence-electron chi connectivity index (χ2n) is 4.86. The highest BCUT2D eigenvalue weighted by Crippen LogP contribution is 2.34. The Morgan fingerprint density at radius 2 is 2.14 bits per heavy atom. The highest BCUT2D eigenvalue weighted by atomic mass is 35.5. The average Bonchev–Trinajstić information content (AvgIpc) is 2.96. The zero-order valence-corrected chi connectivity index (χ0v) is 12.5. The number of aromatic nitrogens is 2. The van der Waals surface area contributed by atoms with Crippen LogP contribution in [0.1, 0.15) is 17.0 Å². The number of ether oxygens (including phenoxy) is 1. The Labute approximate surface area is 131 Å². The number of carboxylic acid groups (broad SMARTS) is 1. The first-order valence-corrected chi connectivity index (χ1v) is 6.97. The van der Waals surface area contributed by atoms with E-state index in [1.807, 2.05) is 0 Å². The second kappa shape index (κ2) is 5.69. The van der Waals surface area contributed by atoms with Crippen molar-refractivity contribution in [3.05, 3.63) is 58.7 Å². The molecule has 1 unspecified atom stereocenters. The van der Waals surface area contributed by atoms with Gasteiger partial charge in [-0.25, -0.2) is 0 Å². The maximum absolute atomic E-state index is 11.8. The molecule has 0 aliphatic rings. The molecule has 112 valence electrons. The Morgan fingerprint density at radius 3 is 2.82 bits per heavy atom. The van der Waals surface area contributed by atoms with Crippen LogP contribution >= 0.6 is 11.6 Å². The molecule has 0 spiro atoms. The first-order chi connectivity index (χ1) is 10.6. The summed E-state index contributed by atoms with van der Waals surface area (Å²) < 4.78 is 5.10. The fraction of sp³-hybridized carbons (Fsp3) is 0.125. The molecule has 0 saturated carbocycles. The van der Waals surface area contributed by atoms with Crippen LogP contribution in [0.3, 0.4) is 0 Å². The molecule has 3 aromatic rings. The van der Waals surface area contributed by atoms with Gasteiger partial charge in [-0.2, -0.15) is 5.10 Å². The summed E-state index contributed by atoms with van der Waals surface area (Å²) in [7, 11) is 1.53. The number of carbonyl (C=O) groups is 1. The Bertz CT molecular complexity index is 844. The normalized spacial score (nSPS) is 12.3. The van der Waals surface area contributed by atoms with E-state index in [1.165, 1.54) is 7.11 Å². The third-order valence-corrected chi connectivity index (χ3v) is 3.88. The van der Waals surface area contributed by atoms with Crippen LogP contribution in [0.2, 0.25) is 5.02 Å². The van der Waals surface area contributed by atoms with Gasteiger partial charge in [0.05, 0.1) is 12.6 Å². The molecule has 1 heterocycles.